The van der Waals surface area contributed by atoms with E-state index in [0.29, 0.717) is 13.0 Å². The first kappa shape index (κ1) is 14.6. The SMILES string of the molecule is Cc1cc(C)c2c(CC(=O)N[C@@H]3CCN(C)C3=O)coc2c1. The minimum absolute atomic E-state index is 0.0165. The van der Waals surface area contributed by atoms with Crippen molar-refractivity contribution in [2.75, 3.05) is 13.6 Å². The van der Waals surface area contributed by atoms with Gasteiger partial charge in [-0.05, 0) is 37.5 Å². The highest BCUT2D eigenvalue weighted by molar-refractivity contribution is 5.93. The Bertz CT molecular complexity index is 748. The lowest BCUT2D eigenvalue weighted by molar-refractivity contribution is -0.131. The molecule has 2 aromatic rings. The van der Waals surface area contributed by atoms with E-state index in [1.165, 1.54) is 0 Å². The fraction of sp³-hybridized carbons (Fsp3) is 0.412. The molecule has 116 valence electrons. The molecule has 1 aromatic heterocycles. The molecule has 0 unspecified atom stereocenters. The predicted octanol–water partition coefficient (Wildman–Crippen LogP) is 1.94. The van der Waals surface area contributed by atoms with Crippen LogP contribution in [0.5, 0.6) is 0 Å². The van der Waals surface area contributed by atoms with Crippen molar-refractivity contribution in [3.8, 4) is 0 Å². The number of hydrogen-bond acceptors (Lipinski definition) is 3. The molecule has 1 aliphatic heterocycles. The lowest BCUT2D eigenvalue weighted by Crippen LogP contribution is -2.41. The molecule has 0 radical (unpaired) electrons. The lowest BCUT2D eigenvalue weighted by atomic mass is 10.0. The average Bonchev–Trinajstić information content (AvgIpc) is 2.97. The number of aryl methyl sites for hydroxylation is 2. The first-order chi connectivity index (χ1) is 10.5. The van der Waals surface area contributed by atoms with E-state index >= 15 is 0 Å². The topological polar surface area (TPSA) is 62.6 Å². The van der Waals surface area contributed by atoms with E-state index in [1.54, 1.807) is 18.2 Å². The molecule has 0 aliphatic carbocycles. The second kappa shape index (κ2) is 5.48. The number of carbonyl (C=O) groups is 2. The van der Waals surface area contributed by atoms with Crippen LogP contribution >= 0.6 is 0 Å². The Hall–Kier alpha value is -2.30. The lowest BCUT2D eigenvalue weighted by Gasteiger charge is -2.12. The van der Waals surface area contributed by atoms with E-state index in [1.807, 2.05) is 19.9 Å². The normalized spacial score (nSPS) is 18.2. The maximum Gasteiger partial charge on any atom is 0.244 e. The smallest absolute Gasteiger partial charge is 0.244 e. The summed E-state index contributed by atoms with van der Waals surface area (Å²) < 4.78 is 5.56. The maximum absolute atomic E-state index is 12.2. The van der Waals surface area contributed by atoms with Crippen molar-refractivity contribution in [2.24, 2.45) is 0 Å². The molecule has 2 amide bonds. The van der Waals surface area contributed by atoms with Gasteiger partial charge in [0, 0.05) is 24.5 Å². The van der Waals surface area contributed by atoms with Gasteiger partial charge in [0.05, 0.1) is 12.7 Å². The minimum atomic E-state index is -0.390. The number of furan rings is 1. The summed E-state index contributed by atoms with van der Waals surface area (Å²) >= 11 is 0. The summed E-state index contributed by atoms with van der Waals surface area (Å²) in [5.41, 5.74) is 3.90. The molecular weight excluding hydrogens is 280 g/mol. The zero-order valence-corrected chi connectivity index (χ0v) is 13.1. The van der Waals surface area contributed by atoms with Crippen LogP contribution in [-0.4, -0.2) is 36.3 Å². The molecule has 22 heavy (non-hydrogen) atoms. The number of benzene rings is 1. The van der Waals surface area contributed by atoms with Gasteiger partial charge < -0.3 is 14.6 Å². The number of nitrogens with one attached hydrogen (secondary N) is 1. The fourth-order valence-electron chi connectivity index (χ4n) is 3.13. The molecule has 1 aromatic carbocycles. The Morgan fingerprint density at radius 3 is 2.86 bits per heavy atom. The van der Waals surface area contributed by atoms with Crippen LogP contribution in [0.3, 0.4) is 0 Å². The average molecular weight is 300 g/mol. The molecule has 2 heterocycles. The molecule has 0 saturated carbocycles. The summed E-state index contributed by atoms with van der Waals surface area (Å²) in [4.78, 5) is 25.7. The van der Waals surface area contributed by atoms with E-state index in [0.717, 1.165) is 27.7 Å². The second-order valence-corrected chi connectivity index (χ2v) is 6.06. The third-order valence-corrected chi connectivity index (χ3v) is 4.21. The van der Waals surface area contributed by atoms with Crippen LogP contribution in [0.4, 0.5) is 0 Å². The zero-order chi connectivity index (χ0) is 15.9. The molecule has 0 bridgehead atoms. The van der Waals surface area contributed by atoms with Crippen molar-refractivity contribution in [3.05, 3.63) is 35.1 Å². The molecule has 1 atom stereocenters. The van der Waals surface area contributed by atoms with Gasteiger partial charge >= 0.3 is 0 Å². The number of likely N-dealkylation sites (tertiary alicyclic amines) is 1. The van der Waals surface area contributed by atoms with Gasteiger partial charge in [0.2, 0.25) is 11.8 Å². The third kappa shape index (κ3) is 2.58. The second-order valence-electron chi connectivity index (χ2n) is 6.06. The number of fused-ring (bicyclic) bond motifs is 1. The Morgan fingerprint density at radius 1 is 1.41 bits per heavy atom. The van der Waals surface area contributed by atoms with Crippen LogP contribution < -0.4 is 5.32 Å². The summed E-state index contributed by atoms with van der Waals surface area (Å²) in [6, 6.07) is 3.66. The standard InChI is InChI=1S/C17H20N2O3/c1-10-6-11(2)16-12(9-22-14(16)7-10)8-15(20)18-13-4-5-19(3)17(13)21/h6-7,9,13H,4-5,8H2,1-3H3,(H,18,20)/t13-/m1/s1. The van der Waals surface area contributed by atoms with Crippen LogP contribution in [0.15, 0.2) is 22.8 Å². The number of amides is 2. The number of hydrogen-bond donors (Lipinski definition) is 1. The van der Waals surface area contributed by atoms with Gasteiger partial charge in [0.25, 0.3) is 0 Å². The van der Waals surface area contributed by atoms with Crippen molar-refractivity contribution in [3.63, 3.8) is 0 Å². The van der Waals surface area contributed by atoms with Crippen LogP contribution in [0.25, 0.3) is 11.0 Å². The van der Waals surface area contributed by atoms with Crippen molar-refractivity contribution in [1.82, 2.24) is 10.2 Å². The van der Waals surface area contributed by atoms with Crippen molar-refractivity contribution < 1.29 is 14.0 Å². The van der Waals surface area contributed by atoms with Crippen molar-refractivity contribution in [1.29, 1.82) is 0 Å². The van der Waals surface area contributed by atoms with E-state index in [9.17, 15) is 9.59 Å². The van der Waals surface area contributed by atoms with E-state index in [4.69, 9.17) is 4.42 Å². The zero-order valence-electron chi connectivity index (χ0n) is 13.1. The summed E-state index contributed by atoms with van der Waals surface area (Å²) in [6.45, 7) is 4.72. The largest absolute Gasteiger partial charge is 0.464 e. The summed E-state index contributed by atoms with van der Waals surface area (Å²) in [6.07, 6.45) is 2.54. The van der Waals surface area contributed by atoms with E-state index in [2.05, 4.69) is 11.4 Å². The molecule has 5 heteroatoms. The summed E-state index contributed by atoms with van der Waals surface area (Å²) in [7, 11) is 1.75. The van der Waals surface area contributed by atoms with Gasteiger partial charge in [-0.1, -0.05) is 6.07 Å². The van der Waals surface area contributed by atoms with Crippen LogP contribution in [0.1, 0.15) is 23.1 Å². The van der Waals surface area contributed by atoms with Gasteiger partial charge in [-0.2, -0.15) is 0 Å². The first-order valence-corrected chi connectivity index (χ1v) is 7.47. The quantitative estimate of drug-likeness (QED) is 0.942. The Morgan fingerprint density at radius 2 is 2.18 bits per heavy atom. The van der Waals surface area contributed by atoms with Gasteiger partial charge in [-0.3, -0.25) is 9.59 Å². The summed E-state index contributed by atoms with van der Waals surface area (Å²) in [5, 5.41) is 3.82. The molecule has 1 N–H and O–H groups in total. The number of carbonyl (C=O) groups excluding carboxylic acids is 2. The molecule has 3 rings (SSSR count). The predicted molar refractivity (Wildman–Crippen MR) is 83.6 cm³/mol. The van der Waals surface area contributed by atoms with Crippen LogP contribution in [0.2, 0.25) is 0 Å². The Labute approximate surface area is 129 Å². The van der Waals surface area contributed by atoms with Gasteiger partial charge in [-0.15, -0.1) is 0 Å². The molecule has 1 saturated heterocycles. The van der Waals surface area contributed by atoms with E-state index < -0.39 is 0 Å². The van der Waals surface area contributed by atoms with E-state index in [-0.39, 0.29) is 24.3 Å². The minimum Gasteiger partial charge on any atom is -0.464 e. The molecule has 5 nitrogen and oxygen atoms in total. The highest BCUT2D eigenvalue weighted by Crippen LogP contribution is 2.26. The van der Waals surface area contributed by atoms with Crippen molar-refractivity contribution >= 4 is 22.8 Å². The molecular formula is C17H20N2O3. The van der Waals surface area contributed by atoms with Crippen LogP contribution in [-0.2, 0) is 16.0 Å². The number of nitrogens with zero attached hydrogens (tertiary/aromatic N) is 1. The van der Waals surface area contributed by atoms with Crippen molar-refractivity contribution in [2.45, 2.75) is 32.7 Å². The number of likely N-dealkylation sites (N-methyl/N-ethyl adjacent to an activating group) is 1. The molecule has 1 fully saturated rings. The van der Waals surface area contributed by atoms with Gasteiger partial charge in [-0.25, -0.2) is 0 Å². The highest BCUT2D eigenvalue weighted by atomic mass is 16.3. The number of rotatable bonds is 3. The van der Waals surface area contributed by atoms with Gasteiger partial charge in [0.15, 0.2) is 0 Å². The molecule has 0 spiro atoms. The Balaban J connectivity index is 1.76. The monoisotopic (exact) mass is 300 g/mol. The van der Waals surface area contributed by atoms with Gasteiger partial charge in [0.1, 0.15) is 11.6 Å². The van der Waals surface area contributed by atoms with Crippen LogP contribution in [0, 0.1) is 13.8 Å². The summed E-state index contributed by atoms with van der Waals surface area (Å²) in [5.74, 6) is -0.159. The first-order valence-electron chi connectivity index (χ1n) is 7.47. The Kier molecular flexibility index (Phi) is 3.64. The fourth-order valence-corrected chi connectivity index (χ4v) is 3.13. The highest BCUT2D eigenvalue weighted by Gasteiger charge is 2.30. The maximum atomic E-state index is 12.2. The third-order valence-electron chi connectivity index (χ3n) is 4.21. The molecule has 1 aliphatic rings.